The summed E-state index contributed by atoms with van der Waals surface area (Å²) >= 11 is 0. The Morgan fingerprint density at radius 1 is 1.12 bits per heavy atom. The first-order chi connectivity index (χ1) is 15.9. The van der Waals surface area contributed by atoms with Gasteiger partial charge in [0.2, 0.25) is 11.8 Å². The van der Waals surface area contributed by atoms with E-state index in [9.17, 15) is 19.2 Å². The van der Waals surface area contributed by atoms with E-state index in [2.05, 4.69) is 10.6 Å². The first kappa shape index (κ1) is 27.1. The maximum atomic E-state index is 13.5. The van der Waals surface area contributed by atoms with E-state index in [0.717, 1.165) is 18.4 Å². The van der Waals surface area contributed by atoms with Crippen molar-refractivity contribution in [2.75, 3.05) is 13.2 Å². The summed E-state index contributed by atoms with van der Waals surface area (Å²) in [5, 5.41) is 5.35. The van der Waals surface area contributed by atoms with Crippen LogP contribution >= 0.6 is 0 Å². The van der Waals surface area contributed by atoms with Crippen LogP contribution in [-0.4, -0.2) is 59.6 Å². The molecule has 0 spiro atoms. The highest BCUT2D eigenvalue weighted by atomic mass is 16.6. The summed E-state index contributed by atoms with van der Waals surface area (Å²) in [4.78, 5) is 52.2. The normalized spacial score (nSPS) is 15.0. The van der Waals surface area contributed by atoms with Crippen molar-refractivity contribution >= 4 is 23.9 Å². The van der Waals surface area contributed by atoms with Crippen LogP contribution in [0.5, 0.6) is 0 Å². The molecule has 9 nitrogen and oxygen atoms in total. The van der Waals surface area contributed by atoms with Crippen LogP contribution in [0.3, 0.4) is 0 Å². The lowest BCUT2D eigenvalue weighted by atomic mass is 10.0. The number of aryl methyl sites for hydroxylation is 1. The van der Waals surface area contributed by atoms with E-state index >= 15 is 0 Å². The van der Waals surface area contributed by atoms with Crippen LogP contribution in [-0.2, 0) is 23.9 Å². The molecule has 0 heterocycles. The summed E-state index contributed by atoms with van der Waals surface area (Å²) in [7, 11) is 0. The molecule has 1 fully saturated rings. The number of carbonyl (C=O) groups excluding carboxylic acids is 4. The number of benzene rings is 1. The van der Waals surface area contributed by atoms with Gasteiger partial charge in [-0.3, -0.25) is 14.4 Å². The van der Waals surface area contributed by atoms with Crippen molar-refractivity contribution in [3.05, 3.63) is 35.4 Å². The van der Waals surface area contributed by atoms with Crippen LogP contribution in [0.2, 0.25) is 0 Å². The molecule has 2 N–H and O–H groups in total. The van der Waals surface area contributed by atoms with Crippen molar-refractivity contribution in [1.82, 2.24) is 15.5 Å². The number of hydrogen-bond acceptors (Lipinski definition) is 6. The summed E-state index contributed by atoms with van der Waals surface area (Å²) in [5.74, 6) is -1.17. The molecule has 1 aromatic rings. The number of hydrogen-bond donors (Lipinski definition) is 2. The third-order valence-electron chi connectivity index (χ3n) is 5.15. The van der Waals surface area contributed by atoms with Crippen LogP contribution in [0.4, 0.5) is 4.79 Å². The first-order valence-corrected chi connectivity index (χ1v) is 11.7. The number of nitrogens with zero attached hydrogens (tertiary/aromatic N) is 1. The standard InChI is InChI=1S/C25H37N3O6/c1-7-33-20(29)14-15-26-22(30)21(18-10-8-16(2)9-11-18)28(19-12-13-19)23(31)17(3)27-24(32)34-25(4,5)6/h8-11,17,19,21H,7,12-15H2,1-6H3,(H,26,30)(H,27,32). The number of nitrogens with one attached hydrogen (secondary N) is 2. The van der Waals surface area contributed by atoms with E-state index in [1.54, 1.807) is 39.5 Å². The van der Waals surface area contributed by atoms with Gasteiger partial charge in [0.05, 0.1) is 13.0 Å². The van der Waals surface area contributed by atoms with Crippen LogP contribution < -0.4 is 10.6 Å². The lowest BCUT2D eigenvalue weighted by Gasteiger charge is -2.34. The van der Waals surface area contributed by atoms with Crippen LogP contribution in [0.1, 0.15) is 71.0 Å². The van der Waals surface area contributed by atoms with Gasteiger partial charge in [0.1, 0.15) is 17.7 Å². The molecule has 0 radical (unpaired) electrons. The largest absolute Gasteiger partial charge is 0.466 e. The third-order valence-corrected chi connectivity index (χ3v) is 5.15. The molecular formula is C25H37N3O6. The Hall–Kier alpha value is -3.10. The van der Waals surface area contributed by atoms with E-state index in [1.165, 1.54) is 0 Å². The average Bonchev–Trinajstić information content (AvgIpc) is 3.56. The zero-order chi connectivity index (χ0) is 25.5. The van der Waals surface area contributed by atoms with Crippen LogP contribution in [0.25, 0.3) is 0 Å². The zero-order valence-corrected chi connectivity index (χ0v) is 21.0. The second-order valence-electron chi connectivity index (χ2n) is 9.50. The molecule has 1 aromatic carbocycles. The Morgan fingerprint density at radius 3 is 2.26 bits per heavy atom. The van der Waals surface area contributed by atoms with Gasteiger partial charge in [0.15, 0.2) is 0 Å². The van der Waals surface area contributed by atoms with E-state index in [-0.39, 0.29) is 31.5 Å². The van der Waals surface area contributed by atoms with Gasteiger partial charge in [-0.1, -0.05) is 29.8 Å². The van der Waals surface area contributed by atoms with E-state index < -0.39 is 35.7 Å². The fourth-order valence-corrected chi connectivity index (χ4v) is 3.45. The number of rotatable bonds is 10. The summed E-state index contributed by atoms with van der Waals surface area (Å²) in [6.07, 6.45) is 0.871. The molecule has 2 atom stereocenters. The SMILES string of the molecule is CCOC(=O)CCNC(=O)C(c1ccc(C)cc1)N(C(=O)C(C)NC(=O)OC(C)(C)C)C1CC1. The molecule has 1 aliphatic carbocycles. The van der Waals surface area contributed by atoms with Crippen LogP contribution in [0.15, 0.2) is 24.3 Å². The highest BCUT2D eigenvalue weighted by Crippen LogP contribution is 2.35. The highest BCUT2D eigenvalue weighted by Gasteiger charge is 2.43. The minimum Gasteiger partial charge on any atom is -0.466 e. The molecule has 3 amide bonds. The molecule has 1 saturated carbocycles. The van der Waals surface area contributed by atoms with Gasteiger partial charge in [-0.15, -0.1) is 0 Å². The summed E-state index contributed by atoms with van der Waals surface area (Å²) in [6, 6.07) is 5.50. The molecule has 0 aliphatic heterocycles. The second-order valence-corrected chi connectivity index (χ2v) is 9.50. The Labute approximate surface area is 201 Å². The highest BCUT2D eigenvalue weighted by molar-refractivity contribution is 5.92. The predicted molar refractivity (Wildman–Crippen MR) is 127 cm³/mol. The molecule has 0 bridgehead atoms. The molecule has 9 heteroatoms. The number of amides is 3. The number of alkyl carbamates (subject to hydrolysis) is 1. The topological polar surface area (TPSA) is 114 Å². The molecular weight excluding hydrogens is 438 g/mol. The predicted octanol–water partition coefficient (Wildman–Crippen LogP) is 3.01. The molecule has 0 saturated heterocycles. The quantitative estimate of drug-likeness (QED) is 0.503. The second kappa shape index (κ2) is 11.9. The van der Waals surface area contributed by atoms with E-state index in [4.69, 9.17) is 9.47 Å². The third kappa shape index (κ3) is 8.35. The van der Waals surface area contributed by atoms with Gasteiger partial charge in [-0.2, -0.15) is 0 Å². The molecule has 2 rings (SSSR count). The molecule has 188 valence electrons. The van der Waals surface area contributed by atoms with Gasteiger partial charge in [-0.25, -0.2) is 4.79 Å². The summed E-state index contributed by atoms with van der Waals surface area (Å²) in [6.45, 7) is 10.8. The Balaban J connectivity index is 2.23. The van der Waals surface area contributed by atoms with Crippen molar-refractivity contribution in [3.8, 4) is 0 Å². The minimum atomic E-state index is -0.898. The number of esters is 1. The maximum Gasteiger partial charge on any atom is 0.408 e. The fraction of sp³-hybridized carbons (Fsp3) is 0.600. The molecule has 1 aliphatic rings. The molecule has 2 unspecified atom stereocenters. The monoisotopic (exact) mass is 475 g/mol. The fourth-order valence-electron chi connectivity index (χ4n) is 3.45. The van der Waals surface area contributed by atoms with Gasteiger partial charge in [0, 0.05) is 12.6 Å². The Morgan fingerprint density at radius 2 is 1.74 bits per heavy atom. The molecule has 0 aromatic heterocycles. The van der Waals surface area contributed by atoms with Gasteiger partial charge in [0.25, 0.3) is 0 Å². The van der Waals surface area contributed by atoms with Crippen LogP contribution in [0, 0.1) is 6.92 Å². The average molecular weight is 476 g/mol. The van der Waals surface area contributed by atoms with Crippen molar-refractivity contribution < 1.29 is 28.7 Å². The smallest absolute Gasteiger partial charge is 0.408 e. The maximum absolute atomic E-state index is 13.5. The lowest BCUT2D eigenvalue weighted by molar-refractivity contribution is -0.144. The van der Waals surface area contributed by atoms with Gasteiger partial charge < -0.3 is 25.0 Å². The Bertz CT molecular complexity index is 874. The summed E-state index contributed by atoms with van der Waals surface area (Å²) in [5.41, 5.74) is 0.977. The number of ether oxygens (including phenoxy) is 2. The van der Waals surface area contributed by atoms with Crippen molar-refractivity contribution in [2.45, 2.75) is 84.5 Å². The van der Waals surface area contributed by atoms with Crippen molar-refractivity contribution in [3.63, 3.8) is 0 Å². The van der Waals surface area contributed by atoms with Gasteiger partial charge in [-0.05, 0) is 59.9 Å². The van der Waals surface area contributed by atoms with Crippen molar-refractivity contribution in [2.24, 2.45) is 0 Å². The van der Waals surface area contributed by atoms with Crippen molar-refractivity contribution in [1.29, 1.82) is 0 Å². The Kier molecular flexibility index (Phi) is 9.46. The molecule has 34 heavy (non-hydrogen) atoms. The van der Waals surface area contributed by atoms with E-state index in [0.29, 0.717) is 5.56 Å². The lowest BCUT2D eigenvalue weighted by Crippen LogP contribution is -2.52. The zero-order valence-electron chi connectivity index (χ0n) is 21.0. The van der Waals surface area contributed by atoms with E-state index in [1.807, 2.05) is 31.2 Å². The first-order valence-electron chi connectivity index (χ1n) is 11.7. The minimum absolute atomic E-state index is 0.0359. The number of carbonyl (C=O) groups is 4. The van der Waals surface area contributed by atoms with Gasteiger partial charge >= 0.3 is 12.1 Å². The summed E-state index contributed by atoms with van der Waals surface area (Å²) < 4.78 is 10.2.